The lowest BCUT2D eigenvalue weighted by Gasteiger charge is -2.18. The Balaban J connectivity index is 0.00000162. The van der Waals surface area contributed by atoms with E-state index in [1.807, 2.05) is 0 Å². The molecule has 2 atom stereocenters. The highest BCUT2D eigenvalue weighted by atomic mass is 35.5. The van der Waals surface area contributed by atoms with E-state index in [1.54, 1.807) is 19.2 Å². The van der Waals surface area contributed by atoms with E-state index in [2.05, 4.69) is 5.32 Å². The number of hydrogen-bond acceptors (Lipinski definition) is 5. The number of non-ortho nitro benzene ring substituents is 1. The monoisotopic (exact) mass is 274 g/mol. The van der Waals surface area contributed by atoms with E-state index in [0.29, 0.717) is 12.3 Å². The molecule has 6 nitrogen and oxygen atoms in total. The average Bonchev–Trinajstić information content (AvgIpc) is 2.76. The molecule has 100 valence electrons. The lowest BCUT2D eigenvalue weighted by atomic mass is 10.2. The quantitative estimate of drug-likeness (QED) is 0.663. The third kappa shape index (κ3) is 3.32. The van der Waals surface area contributed by atoms with Gasteiger partial charge in [0.2, 0.25) is 0 Å². The van der Waals surface area contributed by atoms with E-state index in [0.717, 1.165) is 6.54 Å². The first-order chi connectivity index (χ1) is 8.20. The molecule has 18 heavy (non-hydrogen) atoms. The highest BCUT2D eigenvalue weighted by Gasteiger charge is 2.28. The van der Waals surface area contributed by atoms with Crippen LogP contribution in [0.4, 0.5) is 5.69 Å². The highest BCUT2D eigenvalue weighted by Crippen LogP contribution is 2.21. The Bertz CT molecular complexity index is 416. The zero-order chi connectivity index (χ0) is 12.3. The van der Waals surface area contributed by atoms with Gasteiger partial charge in [0.05, 0.1) is 11.0 Å². The molecule has 0 aliphatic carbocycles. The van der Waals surface area contributed by atoms with Crippen molar-refractivity contribution in [1.82, 2.24) is 5.32 Å². The van der Waals surface area contributed by atoms with Crippen LogP contribution in [0.15, 0.2) is 24.3 Å². The maximum atomic E-state index is 10.6. The van der Waals surface area contributed by atoms with Crippen LogP contribution in [0, 0.1) is 10.1 Å². The largest absolute Gasteiger partial charge is 0.486 e. The maximum Gasteiger partial charge on any atom is 0.273 e. The summed E-state index contributed by atoms with van der Waals surface area (Å²) in [6.07, 6.45) is -0.128. The number of nitro benzene ring substituents is 1. The Morgan fingerprint density at radius 3 is 2.78 bits per heavy atom. The summed E-state index contributed by atoms with van der Waals surface area (Å²) in [5.41, 5.74) is 0.0300. The molecule has 0 saturated carbocycles. The molecule has 7 heteroatoms. The second kappa shape index (κ2) is 6.53. The Labute approximate surface area is 111 Å². The molecular weight excluding hydrogens is 260 g/mol. The molecule has 0 spiro atoms. The minimum Gasteiger partial charge on any atom is -0.486 e. The molecule has 1 heterocycles. The summed E-state index contributed by atoms with van der Waals surface area (Å²) in [5.74, 6) is 0.495. The average molecular weight is 275 g/mol. The zero-order valence-corrected chi connectivity index (χ0v) is 10.7. The van der Waals surface area contributed by atoms with Gasteiger partial charge in [-0.2, -0.15) is 0 Å². The first-order valence-corrected chi connectivity index (χ1v) is 5.35. The Morgan fingerprint density at radius 1 is 1.39 bits per heavy atom. The molecule has 1 aromatic carbocycles. The molecule has 1 aliphatic rings. The Morgan fingerprint density at radius 2 is 2.11 bits per heavy atom. The fraction of sp³-hybridized carbons (Fsp3) is 0.455. The van der Waals surface area contributed by atoms with Crippen LogP contribution in [0.3, 0.4) is 0 Å². The topological polar surface area (TPSA) is 73.6 Å². The van der Waals surface area contributed by atoms with Crippen LogP contribution in [0.25, 0.3) is 0 Å². The Kier molecular flexibility index (Phi) is 5.33. The third-order valence-corrected chi connectivity index (χ3v) is 2.72. The molecule has 1 fully saturated rings. The van der Waals surface area contributed by atoms with Crippen molar-refractivity contribution in [2.24, 2.45) is 0 Å². The van der Waals surface area contributed by atoms with Crippen LogP contribution < -0.4 is 10.1 Å². The highest BCUT2D eigenvalue weighted by molar-refractivity contribution is 5.85. The molecule has 2 rings (SSSR count). The molecule has 0 amide bonds. The number of nitrogens with zero attached hydrogens (tertiary/aromatic N) is 1. The molecule has 0 unspecified atom stereocenters. The van der Waals surface area contributed by atoms with Crippen LogP contribution >= 0.6 is 12.4 Å². The van der Waals surface area contributed by atoms with Gasteiger partial charge in [0.15, 0.2) is 0 Å². The van der Waals surface area contributed by atoms with Crippen molar-refractivity contribution in [3.8, 4) is 5.75 Å². The number of benzene rings is 1. The summed E-state index contributed by atoms with van der Waals surface area (Å²) in [6.45, 7) is 1.41. The minimum atomic E-state index is -0.437. The van der Waals surface area contributed by atoms with E-state index in [1.165, 1.54) is 12.1 Å². The van der Waals surface area contributed by atoms with Crippen LogP contribution in [0.1, 0.15) is 0 Å². The van der Waals surface area contributed by atoms with Crippen molar-refractivity contribution in [3.05, 3.63) is 34.4 Å². The first-order valence-electron chi connectivity index (χ1n) is 5.35. The SMILES string of the molecule is CO[C@@H]1CNC[C@H]1Oc1cccc([N+](=O)[O-])c1.Cl. The van der Waals surface area contributed by atoms with Gasteiger partial charge in [0, 0.05) is 26.3 Å². The Hall–Kier alpha value is -1.37. The lowest BCUT2D eigenvalue weighted by molar-refractivity contribution is -0.385. The van der Waals surface area contributed by atoms with Crippen molar-refractivity contribution in [1.29, 1.82) is 0 Å². The van der Waals surface area contributed by atoms with Gasteiger partial charge in [-0.3, -0.25) is 10.1 Å². The van der Waals surface area contributed by atoms with Crippen molar-refractivity contribution in [2.75, 3.05) is 20.2 Å². The van der Waals surface area contributed by atoms with E-state index < -0.39 is 4.92 Å². The fourth-order valence-electron chi connectivity index (χ4n) is 1.83. The van der Waals surface area contributed by atoms with Crippen molar-refractivity contribution >= 4 is 18.1 Å². The fourth-order valence-corrected chi connectivity index (χ4v) is 1.83. The van der Waals surface area contributed by atoms with Crippen molar-refractivity contribution < 1.29 is 14.4 Å². The summed E-state index contributed by atoms with van der Waals surface area (Å²) in [4.78, 5) is 10.2. The summed E-state index contributed by atoms with van der Waals surface area (Å²) >= 11 is 0. The van der Waals surface area contributed by atoms with E-state index in [4.69, 9.17) is 9.47 Å². The van der Waals surface area contributed by atoms with Gasteiger partial charge < -0.3 is 14.8 Å². The minimum absolute atomic E-state index is 0. The number of hydrogen-bond donors (Lipinski definition) is 1. The van der Waals surface area contributed by atoms with E-state index >= 15 is 0 Å². The summed E-state index contributed by atoms with van der Waals surface area (Å²) in [7, 11) is 1.63. The number of ether oxygens (including phenoxy) is 2. The molecular formula is C11H15ClN2O4. The standard InChI is InChI=1S/C11H14N2O4.ClH/c1-16-10-6-12-7-11(10)17-9-4-2-3-8(5-9)13(14)15;/h2-5,10-12H,6-7H2,1H3;1H/t10-,11-;/m1./s1. The van der Waals surface area contributed by atoms with Crippen molar-refractivity contribution in [3.63, 3.8) is 0 Å². The third-order valence-electron chi connectivity index (χ3n) is 2.72. The van der Waals surface area contributed by atoms with Crippen LogP contribution in [0.5, 0.6) is 5.75 Å². The van der Waals surface area contributed by atoms with Gasteiger partial charge in [-0.25, -0.2) is 0 Å². The number of methoxy groups -OCH3 is 1. The van der Waals surface area contributed by atoms with Crippen LogP contribution in [-0.4, -0.2) is 37.3 Å². The normalized spacial score (nSPS) is 22.3. The number of rotatable bonds is 4. The molecule has 1 aliphatic heterocycles. The second-order valence-corrected chi connectivity index (χ2v) is 3.84. The van der Waals surface area contributed by atoms with Crippen LogP contribution in [0.2, 0.25) is 0 Å². The molecule has 1 aromatic rings. The van der Waals surface area contributed by atoms with Crippen LogP contribution in [-0.2, 0) is 4.74 Å². The molecule has 1 saturated heterocycles. The number of nitrogens with one attached hydrogen (secondary N) is 1. The molecule has 0 bridgehead atoms. The summed E-state index contributed by atoms with van der Waals surface area (Å²) < 4.78 is 10.9. The van der Waals surface area contributed by atoms with E-state index in [9.17, 15) is 10.1 Å². The summed E-state index contributed by atoms with van der Waals surface area (Å²) in [5, 5.41) is 13.8. The predicted molar refractivity (Wildman–Crippen MR) is 68.4 cm³/mol. The molecule has 0 aromatic heterocycles. The van der Waals surface area contributed by atoms with Gasteiger partial charge >= 0.3 is 0 Å². The smallest absolute Gasteiger partial charge is 0.273 e. The molecule has 1 N–H and O–H groups in total. The van der Waals surface area contributed by atoms with Crippen molar-refractivity contribution in [2.45, 2.75) is 12.2 Å². The van der Waals surface area contributed by atoms with Gasteiger partial charge in [0.1, 0.15) is 18.0 Å². The number of nitro groups is 1. The van der Waals surface area contributed by atoms with Gasteiger partial charge in [-0.15, -0.1) is 12.4 Å². The predicted octanol–water partition coefficient (Wildman–Crippen LogP) is 1.38. The van der Waals surface area contributed by atoms with Gasteiger partial charge in [0.25, 0.3) is 5.69 Å². The van der Waals surface area contributed by atoms with Gasteiger partial charge in [-0.1, -0.05) is 6.07 Å². The first kappa shape index (κ1) is 14.7. The number of halogens is 1. The van der Waals surface area contributed by atoms with E-state index in [-0.39, 0.29) is 30.3 Å². The molecule has 0 radical (unpaired) electrons. The van der Waals surface area contributed by atoms with Gasteiger partial charge in [-0.05, 0) is 6.07 Å². The lowest BCUT2D eigenvalue weighted by Crippen LogP contribution is -2.31. The zero-order valence-electron chi connectivity index (χ0n) is 9.87. The summed E-state index contributed by atoms with van der Waals surface area (Å²) in [6, 6.07) is 6.17. The second-order valence-electron chi connectivity index (χ2n) is 3.84. The maximum absolute atomic E-state index is 10.6.